The summed E-state index contributed by atoms with van der Waals surface area (Å²) in [5.74, 6) is 0. The zero-order valence-electron chi connectivity index (χ0n) is 27.0. The number of para-hydroxylation sites is 1. The van der Waals surface area contributed by atoms with Gasteiger partial charge in [-0.15, -0.1) is 0 Å². The second-order valence-corrected chi connectivity index (χ2v) is 12.6. The molecule has 0 atom stereocenters. The summed E-state index contributed by atoms with van der Waals surface area (Å²) >= 11 is 0. The van der Waals surface area contributed by atoms with Gasteiger partial charge in [0.05, 0.1) is 5.69 Å². The highest BCUT2D eigenvalue weighted by molar-refractivity contribution is 6.04. The molecule has 0 N–H and O–H groups in total. The first-order valence-electron chi connectivity index (χ1n) is 16.8. The molecule has 9 aromatic carbocycles. The molecule has 9 rings (SSSR count). The first-order chi connectivity index (χ1) is 24.3. The highest BCUT2D eigenvalue weighted by atomic mass is 15.1. The van der Waals surface area contributed by atoms with E-state index in [0.29, 0.717) is 0 Å². The molecule has 0 heterocycles. The van der Waals surface area contributed by atoms with E-state index in [4.69, 9.17) is 0 Å². The lowest BCUT2D eigenvalue weighted by Gasteiger charge is -2.29. The zero-order chi connectivity index (χ0) is 32.6. The Hall–Kier alpha value is -6.44. The van der Waals surface area contributed by atoms with Gasteiger partial charge in [-0.3, -0.25) is 0 Å². The Bertz CT molecular complexity index is 2590. The van der Waals surface area contributed by atoms with Crippen LogP contribution in [-0.2, 0) is 0 Å². The predicted octanol–water partition coefficient (Wildman–Crippen LogP) is 13.6. The van der Waals surface area contributed by atoms with Gasteiger partial charge in [0, 0.05) is 16.9 Å². The largest absolute Gasteiger partial charge is 0.310 e. The van der Waals surface area contributed by atoms with Crippen LogP contribution in [0.5, 0.6) is 0 Å². The van der Waals surface area contributed by atoms with Crippen molar-refractivity contribution in [1.29, 1.82) is 0 Å². The fraction of sp³-hybridized carbons (Fsp3) is 0. The molecule has 0 aromatic heterocycles. The Labute approximate surface area is 287 Å². The van der Waals surface area contributed by atoms with Gasteiger partial charge in [0.1, 0.15) is 0 Å². The van der Waals surface area contributed by atoms with Crippen LogP contribution in [0.3, 0.4) is 0 Å². The lowest BCUT2D eigenvalue weighted by molar-refractivity contribution is 1.28. The second-order valence-electron chi connectivity index (χ2n) is 12.6. The van der Waals surface area contributed by atoms with Crippen LogP contribution in [0.4, 0.5) is 17.1 Å². The summed E-state index contributed by atoms with van der Waals surface area (Å²) in [5.41, 5.74) is 10.6. The Morgan fingerprint density at radius 3 is 1.53 bits per heavy atom. The van der Waals surface area contributed by atoms with Crippen molar-refractivity contribution in [2.45, 2.75) is 0 Å². The number of benzene rings is 9. The minimum atomic E-state index is 1.10. The molecule has 0 amide bonds. The fourth-order valence-electron chi connectivity index (χ4n) is 7.23. The number of hydrogen-bond acceptors (Lipinski definition) is 1. The molecule has 0 fully saturated rings. The average molecular weight is 624 g/mol. The van der Waals surface area contributed by atoms with E-state index in [9.17, 15) is 0 Å². The molecular weight excluding hydrogens is 591 g/mol. The van der Waals surface area contributed by atoms with Crippen LogP contribution >= 0.6 is 0 Å². The molecule has 1 heteroatoms. The molecule has 230 valence electrons. The van der Waals surface area contributed by atoms with Gasteiger partial charge in [0.2, 0.25) is 0 Å². The number of nitrogens with zero attached hydrogens (tertiary/aromatic N) is 1. The van der Waals surface area contributed by atoms with E-state index in [-0.39, 0.29) is 0 Å². The third-order valence-electron chi connectivity index (χ3n) is 9.64. The maximum absolute atomic E-state index is 2.41. The van der Waals surface area contributed by atoms with Crippen molar-refractivity contribution in [3.8, 4) is 33.4 Å². The van der Waals surface area contributed by atoms with Gasteiger partial charge in [0.25, 0.3) is 0 Å². The van der Waals surface area contributed by atoms with Crippen molar-refractivity contribution in [3.63, 3.8) is 0 Å². The van der Waals surface area contributed by atoms with E-state index in [2.05, 4.69) is 205 Å². The van der Waals surface area contributed by atoms with E-state index >= 15 is 0 Å². The van der Waals surface area contributed by atoms with Gasteiger partial charge in [0.15, 0.2) is 0 Å². The predicted molar refractivity (Wildman–Crippen MR) is 210 cm³/mol. The van der Waals surface area contributed by atoms with Gasteiger partial charge in [-0.2, -0.15) is 0 Å². The number of anilines is 3. The van der Waals surface area contributed by atoms with Crippen LogP contribution in [-0.4, -0.2) is 0 Å². The summed E-state index contributed by atoms with van der Waals surface area (Å²) in [6.07, 6.45) is 0. The summed E-state index contributed by atoms with van der Waals surface area (Å²) in [5, 5.41) is 7.47. The van der Waals surface area contributed by atoms with E-state index < -0.39 is 0 Å². The van der Waals surface area contributed by atoms with Gasteiger partial charge in [-0.1, -0.05) is 164 Å². The van der Waals surface area contributed by atoms with Crippen LogP contribution in [0.1, 0.15) is 0 Å². The standard InChI is InChI=1S/C48H33N/c1-2-18-41(19-3-1)49(42-29-26-35(27-30-42)39-25-24-34-12-4-5-15-38(34)32-39)48-33-40(45-22-10-16-36-13-6-8-20-43(36)45)28-31-47(48)46-23-11-17-37-14-7-9-21-44(37)46/h1-33H. The van der Waals surface area contributed by atoms with E-state index in [1.807, 2.05) is 0 Å². The molecule has 0 aliphatic carbocycles. The third-order valence-corrected chi connectivity index (χ3v) is 9.64. The molecule has 0 aliphatic rings. The minimum absolute atomic E-state index is 1.10. The summed E-state index contributed by atoms with van der Waals surface area (Å²) in [4.78, 5) is 2.41. The van der Waals surface area contributed by atoms with Crippen molar-refractivity contribution < 1.29 is 0 Å². The molecule has 0 aliphatic heterocycles. The topological polar surface area (TPSA) is 3.24 Å². The van der Waals surface area contributed by atoms with Crippen LogP contribution < -0.4 is 4.90 Å². The Kier molecular flexibility index (Phi) is 7.22. The number of rotatable bonds is 6. The Balaban J connectivity index is 1.26. The second kappa shape index (κ2) is 12.3. The maximum Gasteiger partial charge on any atom is 0.0546 e. The average Bonchev–Trinajstić information content (AvgIpc) is 3.18. The number of fused-ring (bicyclic) bond motifs is 3. The highest BCUT2D eigenvalue weighted by Crippen LogP contribution is 2.45. The van der Waals surface area contributed by atoms with Crippen LogP contribution in [0, 0.1) is 0 Å². The molecule has 0 bridgehead atoms. The van der Waals surface area contributed by atoms with Crippen molar-refractivity contribution in [2.24, 2.45) is 0 Å². The molecule has 0 saturated heterocycles. The van der Waals surface area contributed by atoms with Crippen LogP contribution in [0.2, 0.25) is 0 Å². The zero-order valence-corrected chi connectivity index (χ0v) is 27.0. The van der Waals surface area contributed by atoms with Crippen molar-refractivity contribution in [3.05, 3.63) is 200 Å². The molecule has 0 spiro atoms. The summed E-state index contributed by atoms with van der Waals surface area (Å²) in [6.45, 7) is 0. The van der Waals surface area contributed by atoms with E-state index in [1.165, 1.54) is 65.7 Å². The smallest absolute Gasteiger partial charge is 0.0546 e. The molecule has 1 nitrogen and oxygen atoms in total. The summed E-state index contributed by atoms with van der Waals surface area (Å²) < 4.78 is 0. The quantitative estimate of drug-likeness (QED) is 0.178. The minimum Gasteiger partial charge on any atom is -0.310 e. The molecule has 9 aromatic rings. The third kappa shape index (κ3) is 5.32. The monoisotopic (exact) mass is 623 g/mol. The molecule has 49 heavy (non-hydrogen) atoms. The molecule has 0 unspecified atom stereocenters. The van der Waals surface area contributed by atoms with Gasteiger partial charge in [-0.05, 0) is 96.5 Å². The van der Waals surface area contributed by atoms with Crippen molar-refractivity contribution in [2.75, 3.05) is 4.90 Å². The van der Waals surface area contributed by atoms with Crippen molar-refractivity contribution >= 4 is 49.4 Å². The Morgan fingerprint density at radius 1 is 0.265 bits per heavy atom. The fourth-order valence-corrected chi connectivity index (χ4v) is 7.23. The SMILES string of the molecule is c1ccc(N(c2ccc(-c3ccc4ccccc4c3)cc2)c2cc(-c3cccc4ccccc34)ccc2-c2cccc3ccccc23)cc1. The van der Waals surface area contributed by atoms with Crippen molar-refractivity contribution in [1.82, 2.24) is 0 Å². The van der Waals surface area contributed by atoms with Crippen LogP contribution in [0.15, 0.2) is 200 Å². The first-order valence-corrected chi connectivity index (χ1v) is 16.8. The molecular formula is C48H33N. The highest BCUT2D eigenvalue weighted by Gasteiger charge is 2.20. The lowest BCUT2D eigenvalue weighted by Crippen LogP contribution is -2.11. The maximum atomic E-state index is 2.41. The molecule has 0 saturated carbocycles. The lowest BCUT2D eigenvalue weighted by atomic mass is 9.92. The van der Waals surface area contributed by atoms with Gasteiger partial charge in [-0.25, -0.2) is 0 Å². The normalized spacial score (nSPS) is 11.3. The molecule has 0 radical (unpaired) electrons. The van der Waals surface area contributed by atoms with Crippen LogP contribution in [0.25, 0.3) is 65.7 Å². The Morgan fingerprint density at radius 2 is 0.796 bits per heavy atom. The summed E-state index contributed by atoms with van der Waals surface area (Å²) in [6, 6.07) is 72.6. The van der Waals surface area contributed by atoms with E-state index in [0.717, 1.165) is 17.1 Å². The first kappa shape index (κ1) is 28.8. The number of hydrogen-bond donors (Lipinski definition) is 0. The van der Waals surface area contributed by atoms with E-state index in [1.54, 1.807) is 0 Å². The summed E-state index contributed by atoms with van der Waals surface area (Å²) in [7, 11) is 0. The van der Waals surface area contributed by atoms with Gasteiger partial charge < -0.3 is 4.90 Å². The van der Waals surface area contributed by atoms with Gasteiger partial charge >= 0.3 is 0 Å².